The predicted molar refractivity (Wildman–Crippen MR) is 75.9 cm³/mol. The highest BCUT2D eigenvalue weighted by atomic mass is 19.4. The zero-order valence-corrected chi connectivity index (χ0v) is 12.4. The molecule has 2 bridgehead atoms. The van der Waals surface area contributed by atoms with Gasteiger partial charge in [-0.25, -0.2) is 0 Å². The summed E-state index contributed by atoms with van der Waals surface area (Å²) in [6.07, 6.45) is -3.92. The molecule has 0 amide bonds. The van der Waals surface area contributed by atoms with E-state index in [9.17, 15) is 18.0 Å². The van der Waals surface area contributed by atoms with Gasteiger partial charge < -0.3 is 9.47 Å². The maximum Gasteiger partial charge on any atom is 0.420 e. The van der Waals surface area contributed by atoms with Crippen LogP contribution in [0.3, 0.4) is 0 Å². The first-order chi connectivity index (χ1) is 10.9. The largest absolute Gasteiger partial charge is 0.497 e. The van der Waals surface area contributed by atoms with Crippen molar-refractivity contribution in [3.63, 3.8) is 0 Å². The lowest BCUT2D eigenvalue weighted by atomic mass is 9.77. The van der Waals surface area contributed by atoms with E-state index >= 15 is 0 Å². The normalized spacial score (nSPS) is 32.6. The van der Waals surface area contributed by atoms with Crippen molar-refractivity contribution in [2.45, 2.75) is 31.2 Å². The molecule has 2 fully saturated rings. The molecule has 1 aliphatic carbocycles. The number of fused-ring (bicyclic) bond motifs is 5. The number of ketones is 1. The molecule has 3 nitrogen and oxygen atoms in total. The Balaban J connectivity index is 1.87. The van der Waals surface area contributed by atoms with E-state index in [1.807, 2.05) is 0 Å². The van der Waals surface area contributed by atoms with E-state index in [4.69, 9.17) is 9.47 Å². The summed E-state index contributed by atoms with van der Waals surface area (Å²) in [7, 11) is 1.49. The first-order valence-corrected chi connectivity index (χ1v) is 7.57. The quantitative estimate of drug-likeness (QED) is 0.836. The fraction of sp³-hybridized carbons (Fsp3) is 0.471. The van der Waals surface area contributed by atoms with Crippen molar-refractivity contribution in [2.24, 2.45) is 11.8 Å². The van der Waals surface area contributed by atoms with E-state index in [-0.39, 0.29) is 17.8 Å². The van der Waals surface area contributed by atoms with Crippen LogP contribution in [0.25, 0.3) is 5.57 Å². The number of carbonyl (C=O) groups is 1. The monoisotopic (exact) mass is 324 g/mol. The summed E-state index contributed by atoms with van der Waals surface area (Å²) in [6.45, 7) is 0. The minimum atomic E-state index is -4.64. The molecule has 0 spiro atoms. The minimum Gasteiger partial charge on any atom is -0.497 e. The Bertz CT molecular complexity index is 690. The second-order valence-electron chi connectivity index (χ2n) is 6.22. The van der Waals surface area contributed by atoms with Crippen LogP contribution in [0.1, 0.15) is 18.4 Å². The molecule has 0 radical (unpaired) electrons. The van der Waals surface area contributed by atoms with Crippen LogP contribution in [0.15, 0.2) is 29.8 Å². The van der Waals surface area contributed by atoms with Crippen molar-refractivity contribution in [3.8, 4) is 5.75 Å². The molecule has 0 saturated carbocycles. The van der Waals surface area contributed by atoms with Gasteiger partial charge in [0.2, 0.25) is 0 Å². The Morgan fingerprint density at radius 1 is 1.09 bits per heavy atom. The van der Waals surface area contributed by atoms with Crippen molar-refractivity contribution in [2.75, 3.05) is 7.11 Å². The molecule has 6 heteroatoms. The first kappa shape index (κ1) is 14.8. The SMILES string of the molecule is COc1ccc(C2=C(C(F)(F)F)C(=O)[C@H]3[C@@H]2[C@@H]2CC[C@H]3O2)cc1. The number of alkyl halides is 3. The Kier molecular flexibility index (Phi) is 3.10. The van der Waals surface area contributed by atoms with Gasteiger partial charge in [-0.2, -0.15) is 13.2 Å². The number of hydrogen-bond acceptors (Lipinski definition) is 3. The molecule has 1 aromatic carbocycles. The van der Waals surface area contributed by atoms with Gasteiger partial charge in [0.25, 0.3) is 0 Å². The summed E-state index contributed by atoms with van der Waals surface area (Å²) in [5, 5.41) is 0. The van der Waals surface area contributed by atoms with E-state index < -0.39 is 29.4 Å². The number of hydrogen-bond donors (Lipinski definition) is 0. The lowest BCUT2D eigenvalue weighted by molar-refractivity contribution is -0.132. The highest BCUT2D eigenvalue weighted by molar-refractivity contribution is 6.11. The topological polar surface area (TPSA) is 35.5 Å². The first-order valence-electron chi connectivity index (χ1n) is 7.57. The summed E-state index contributed by atoms with van der Waals surface area (Å²) in [5.74, 6) is -1.40. The number of methoxy groups -OCH3 is 1. The molecular formula is C17H15F3O3. The zero-order valence-electron chi connectivity index (χ0n) is 12.4. The van der Waals surface area contributed by atoms with Gasteiger partial charge in [0.15, 0.2) is 5.78 Å². The molecule has 1 aromatic rings. The molecule has 0 unspecified atom stereocenters. The van der Waals surface area contributed by atoms with Crippen LogP contribution >= 0.6 is 0 Å². The van der Waals surface area contributed by atoms with E-state index in [1.54, 1.807) is 24.3 Å². The lowest BCUT2D eigenvalue weighted by Gasteiger charge is -2.22. The Morgan fingerprint density at radius 3 is 2.26 bits per heavy atom. The summed E-state index contributed by atoms with van der Waals surface area (Å²) >= 11 is 0. The number of allylic oxidation sites excluding steroid dienone is 1. The fourth-order valence-corrected chi connectivity index (χ4v) is 4.24. The standard InChI is InChI=1S/C17H15F3O3/c1-22-9-4-2-8(3-5-9)12-13-10-6-7-11(23-10)14(13)16(21)15(12)17(18,19)20/h2-5,10-11,13-14H,6-7H2,1H3/t10-,11+,13+,14+/m0/s1. The van der Waals surface area contributed by atoms with Gasteiger partial charge in [0.1, 0.15) is 11.3 Å². The third kappa shape index (κ3) is 2.04. The summed E-state index contributed by atoms with van der Waals surface area (Å²) in [6, 6.07) is 6.40. The molecule has 2 saturated heterocycles. The van der Waals surface area contributed by atoms with Crippen molar-refractivity contribution < 1.29 is 27.4 Å². The molecule has 2 heterocycles. The van der Waals surface area contributed by atoms with Gasteiger partial charge in [0, 0.05) is 5.92 Å². The highest BCUT2D eigenvalue weighted by Gasteiger charge is 2.62. The molecule has 2 aliphatic heterocycles. The Hall–Kier alpha value is -1.82. The average Bonchev–Trinajstić information content (AvgIpc) is 3.18. The predicted octanol–water partition coefficient (Wildman–Crippen LogP) is 3.39. The van der Waals surface area contributed by atoms with Crippen LogP contribution < -0.4 is 4.74 Å². The van der Waals surface area contributed by atoms with Crippen molar-refractivity contribution in [3.05, 3.63) is 35.4 Å². The van der Waals surface area contributed by atoms with Crippen LogP contribution in [-0.2, 0) is 9.53 Å². The van der Waals surface area contributed by atoms with Crippen LogP contribution in [0.2, 0.25) is 0 Å². The lowest BCUT2D eigenvalue weighted by Crippen LogP contribution is -2.30. The van der Waals surface area contributed by atoms with E-state index in [0.29, 0.717) is 24.2 Å². The van der Waals surface area contributed by atoms with Crippen molar-refractivity contribution in [1.82, 2.24) is 0 Å². The number of ether oxygens (including phenoxy) is 2. The van der Waals surface area contributed by atoms with Gasteiger partial charge in [0.05, 0.1) is 25.2 Å². The zero-order chi connectivity index (χ0) is 16.4. The third-order valence-electron chi connectivity index (χ3n) is 5.11. The highest BCUT2D eigenvalue weighted by Crippen LogP contribution is 2.57. The molecule has 122 valence electrons. The summed E-state index contributed by atoms with van der Waals surface area (Å²) in [5.41, 5.74) is -0.463. The van der Waals surface area contributed by atoms with E-state index in [1.165, 1.54) is 7.11 Å². The molecule has 4 rings (SSSR count). The maximum absolute atomic E-state index is 13.5. The molecule has 3 aliphatic rings. The Morgan fingerprint density at radius 2 is 1.70 bits per heavy atom. The number of benzene rings is 1. The van der Waals surface area contributed by atoms with Crippen molar-refractivity contribution in [1.29, 1.82) is 0 Å². The number of Topliss-reactive ketones (excluding diaryl/α,β-unsaturated/α-hetero) is 1. The summed E-state index contributed by atoms with van der Waals surface area (Å²) in [4.78, 5) is 12.4. The molecule has 4 atom stereocenters. The minimum absolute atomic E-state index is 0.0994. The Labute approximate surface area is 131 Å². The van der Waals surface area contributed by atoms with Crippen LogP contribution in [0.5, 0.6) is 5.75 Å². The van der Waals surface area contributed by atoms with Gasteiger partial charge in [-0.3, -0.25) is 4.79 Å². The number of carbonyl (C=O) groups excluding carboxylic acids is 1. The number of rotatable bonds is 2. The number of halogens is 3. The van der Waals surface area contributed by atoms with E-state index in [0.717, 1.165) is 0 Å². The van der Waals surface area contributed by atoms with Gasteiger partial charge >= 0.3 is 6.18 Å². The molecule has 23 heavy (non-hydrogen) atoms. The second-order valence-corrected chi connectivity index (χ2v) is 6.22. The smallest absolute Gasteiger partial charge is 0.420 e. The van der Waals surface area contributed by atoms with Gasteiger partial charge in [-0.05, 0) is 36.1 Å². The van der Waals surface area contributed by atoms with Crippen LogP contribution in [0, 0.1) is 11.8 Å². The van der Waals surface area contributed by atoms with E-state index in [2.05, 4.69) is 0 Å². The molecule has 0 aromatic heterocycles. The maximum atomic E-state index is 13.5. The third-order valence-corrected chi connectivity index (χ3v) is 5.11. The van der Waals surface area contributed by atoms with Crippen LogP contribution in [-0.4, -0.2) is 31.3 Å². The van der Waals surface area contributed by atoms with Crippen molar-refractivity contribution >= 4 is 11.4 Å². The second kappa shape index (κ2) is 4.84. The summed E-state index contributed by atoms with van der Waals surface area (Å²) < 4.78 is 51.4. The van der Waals surface area contributed by atoms with Gasteiger partial charge in [-0.15, -0.1) is 0 Å². The molecular weight excluding hydrogens is 309 g/mol. The average molecular weight is 324 g/mol. The van der Waals surface area contributed by atoms with Crippen LogP contribution in [0.4, 0.5) is 13.2 Å². The fourth-order valence-electron chi connectivity index (χ4n) is 4.24. The van der Waals surface area contributed by atoms with Gasteiger partial charge in [-0.1, -0.05) is 12.1 Å². The molecule has 0 N–H and O–H groups in total.